The number of carbonyl (C=O) groups is 1. The molecular weight excluding hydrogens is 418 g/mol. The van der Waals surface area contributed by atoms with Crippen LogP contribution in [0.3, 0.4) is 0 Å². The SMILES string of the molecule is COc1ccc(-c2cc(C(F)(F)F)n3nc(C(=O)Nc4cccc(F)c4)nc3n2)cc1. The van der Waals surface area contributed by atoms with Gasteiger partial charge >= 0.3 is 6.18 Å². The van der Waals surface area contributed by atoms with Crippen LogP contribution in [-0.4, -0.2) is 32.6 Å². The Morgan fingerprint density at radius 3 is 2.45 bits per heavy atom. The highest BCUT2D eigenvalue weighted by atomic mass is 19.4. The number of rotatable bonds is 4. The number of benzene rings is 2. The molecule has 0 unspecified atom stereocenters. The fraction of sp³-hybridized carbons (Fsp3) is 0.100. The van der Waals surface area contributed by atoms with Gasteiger partial charge in [0.25, 0.3) is 11.7 Å². The number of aromatic nitrogens is 4. The number of alkyl halides is 3. The Kier molecular flexibility index (Phi) is 5.01. The smallest absolute Gasteiger partial charge is 0.433 e. The van der Waals surface area contributed by atoms with E-state index < -0.39 is 35.2 Å². The molecule has 4 aromatic rings. The zero-order valence-electron chi connectivity index (χ0n) is 15.8. The minimum Gasteiger partial charge on any atom is -0.497 e. The Balaban J connectivity index is 1.77. The molecule has 0 atom stereocenters. The average molecular weight is 431 g/mol. The molecule has 0 aliphatic carbocycles. The largest absolute Gasteiger partial charge is 0.497 e. The van der Waals surface area contributed by atoms with Crippen molar-refractivity contribution in [2.45, 2.75) is 6.18 Å². The molecule has 1 N–H and O–H groups in total. The molecule has 0 radical (unpaired) electrons. The summed E-state index contributed by atoms with van der Waals surface area (Å²) in [6.07, 6.45) is -4.79. The van der Waals surface area contributed by atoms with Gasteiger partial charge in [0.2, 0.25) is 5.82 Å². The predicted molar refractivity (Wildman–Crippen MR) is 102 cm³/mol. The molecule has 158 valence electrons. The van der Waals surface area contributed by atoms with Gasteiger partial charge in [0.05, 0.1) is 12.8 Å². The first-order valence-corrected chi connectivity index (χ1v) is 8.81. The molecule has 4 rings (SSSR count). The molecule has 11 heteroatoms. The van der Waals surface area contributed by atoms with Crippen molar-refractivity contribution in [2.24, 2.45) is 0 Å². The van der Waals surface area contributed by atoms with Gasteiger partial charge in [-0.25, -0.2) is 9.37 Å². The van der Waals surface area contributed by atoms with E-state index in [1.165, 1.54) is 25.3 Å². The van der Waals surface area contributed by atoms with Crippen LogP contribution >= 0.6 is 0 Å². The quantitative estimate of drug-likeness (QED) is 0.490. The van der Waals surface area contributed by atoms with E-state index >= 15 is 0 Å². The summed E-state index contributed by atoms with van der Waals surface area (Å²) in [6, 6.07) is 12.1. The van der Waals surface area contributed by atoms with Gasteiger partial charge < -0.3 is 10.1 Å². The number of nitrogens with one attached hydrogen (secondary N) is 1. The zero-order valence-corrected chi connectivity index (χ0v) is 15.8. The lowest BCUT2D eigenvalue weighted by Gasteiger charge is -2.10. The molecule has 2 heterocycles. The summed E-state index contributed by atoms with van der Waals surface area (Å²) in [7, 11) is 1.47. The van der Waals surface area contributed by atoms with E-state index in [0.717, 1.165) is 12.1 Å². The number of fused-ring (bicyclic) bond motifs is 1. The fourth-order valence-corrected chi connectivity index (χ4v) is 2.83. The van der Waals surface area contributed by atoms with E-state index in [-0.39, 0.29) is 11.4 Å². The van der Waals surface area contributed by atoms with Gasteiger partial charge in [0.15, 0.2) is 5.69 Å². The topological polar surface area (TPSA) is 81.4 Å². The Bertz CT molecular complexity index is 1270. The van der Waals surface area contributed by atoms with Crippen molar-refractivity contribution in [1.82, 2.24) is 19.6 Å². The maximum absolute atomic E-state index is 13.7. The van der Waals surface area contributed by atoms with Crippen molar-refractivity contribution >= 4 is 17.4 Å². The van der Waals surface area contributed by atoms with Crippen LogP contribution in [-0.2, 0) is 6.18 Å². The lowest BCUT2D eigenvalue weighted by molar-refractivity contribution is -0.142. The maximum atomic E-state index is 13.7. The normalized spacial score (nSPS) is 11.5. The van der Waals surface area contributed by atoms with Crippen LogP contribution in [0.25, 0.3) is 17.0 Å². The lowest BCUT2D eigenvalue weighted by atomic mass is 10.1. The van der Waals surface area contributed by atoms with E-state index in [1.54, 1.807) is 24.3 Å². The Labute approximate surface area is 172 Å². The summed E-state index contributed by atoms with van der Waals surface area (Å²) in [5.74, 6) is -1.93. The molecule has 31 heavy (non-hydrogen) atoms. The number of methoxy groups -OCH3 is 1. The molecule has 0 fully saturated rings. The summed E-state index contributed by atoms with van der Waals surface area (Å²) in [6.45, 7) is 0. The molecule has 0 bridgehead atoms. The van der Waals surface area contributed by atoms with Crippen LogP contribution in [0, 0.1) is 5.82 Å². The summed E-state index contributed by atoms with van der Waals surface area (Å²) >= 11 is 0. The molecule has 0 aliphatic rings. The lowest BCUT2D eigenvalue weighted by Crippen LogP contribution is -2.16. The van der Waals surface area contributed by atoms with Crippen LogP contribution < -0.4 is 10.1 Å². The molecule has 0 saturated carbocycles. The van der Waals surface area contributed by atoms with Crippen molar-refractivity contribution < 1.29 is 27.1 Å². The number of nitrogens with zero attached hydrogens (tertiary/aromatic N) is 4. The molecule has 0 aliphatic heterocycles. The standard InChI is InChI=1S/C20H13F4N5O2/c1-31-14-7-5-11(6-8-14)15-10-16(20(22,23)24)29-19(26-15)27-17(28-29)18(30)25-13-4-2-3-12(21)9-13/h2-10H,1H3,(H,25,30). The van der Waals surface area contributed by atoms with Crippen molar-refractivity contribution in [3.8, 4) is 17.0 Å². The number of halogens is 4. The highest BCUT2D eigenvalue weighted by Gasteiger charge is 2.36. The maximum Gasteiger partial charge on any atom is 0.433 e. The van der Waals surface area contributed by atoms with Gasteiger partial charge in [-0.2, -0.15) is 22.7 Å². The zero-order chi connectivity index (χ0) is 22.2. The van der Waals surface area contributed by atoms with E-state index in [0.29, 0.717) is 15.8 Å². The third-order valence-corrected chi connectivity index (χ3v) is 4.27. The Morgan fingerprint density at radius 1 is 1.06 bits per heavy atom. The van der Waals surface area contributed by atoms with E-state index in [2.05, 4.69) is 20.4 Å². The first-order chi connectivity index (χ1) is 14.7. The number of amides is 1. The third-order valence-electron chi connectivity index (χ3n) is 4.27. The molecular formula is C20H13F4N5O2. The Hall–Kier alpha value is -4.02. The highest BCUT2D eigenvalue weighted by Crippen LogP contribution is 2.32. The van der Waals surface area contributed by atoms with Gasteiger partial charge in [-0.05, 0) is 48.5 Å². The fourth-order valence-electron chi connectivity index (χ4n) is 2.83. The summed E-state index contributed by atoms with van der Waals surface area (Å²) in [4.78, 5) is 20.3. The van der Waals surface area contributed by atoms with Crippen molar-refractivity contribution in [2.75, 3.05) is 12.4 Å². The Morgan fingerprint density at radius 2 is 1.81 bits per heavy atom. The van der Waals surface area contributed by atoms with Crippen molar-refractivity contribution in [3.05, 3.63) is 71.9 Å². The molecule has 2 aromatic heterocycles. The van der Waals surface area contributed by atoms with Gasteiger partial charge in [0, 0.05) is 11.3 Å². The second-order valence-electron chi connectivity index (χ2n) is 6.36. The molecule has 7 nitrogen and oxygen atoms in total. The van der Waals surface area contributed by atoms with Gasteiger partial charge in [-0.1, -0.05) is 6.07 Å². The number of carbonyl (C=O) groups excluding carboxylic acids is 1. The molecule has 0 saturated heterocycles. The summed E-state index contributed by atoms with van der Waals surface area (Å²) < 4.78 is 59.8. The third kappa shape index (κ3) is 4.15. The first kappa shape index (κ1) is 20.3. The minimum absolute atomic E-state index is 0.00744. The second-order valence-corrected chi connectivity index (χ2v) is 6.36. The van der Waals surface area contributed by atoms with Gasteiger partial charge in [-0.15, -0.1) is 5.10 Å². The van der Waals surface area contributed by atoms with Crippen molar-refractivity contribution in [1.29, 1.82) is 0 Å². The van der Waals surface area contributed by atoms with Gasteiger partial charge in [0.1, 0.15) is 11.6 Å². The van der Waals surface area contributed by atoms with Crippen LogP contribution in [0.4, 0.5) is 23.2 Å². The second kappa shape index (κ2) is 7.67. The van der Waals surface area contributed by atoms with Crippen LogP contribution in [0.5, 0.6) is 5.75 Å². The van der Waals surface area contributed by atoms with Crippen LogP contribution in [0.2, 0.25) is 0 Å². The van der Waals surface area contributed by atoms with Gasteiger partial charge in [-0.3, -0.25) is 4.79 Å². The molecule has 2 aromatic carbocycles. The molecule has 1 amide bonds. The van der Waals surface area contributed by atoms with E-state index in [1.807, 2.05) is 0 Å². The predicted octanol–water partition coefficient (Wildman–Crippen LogP) is 4.21. The van der Waals surface area contributed by atoms with E-state index in [4.69, 9.17) is 4.74 Å². The van der Waals surface area contributed by atoms with E-state index in [9.17, 15) is 22.4 Å². The summed E-state index contributed by atoms with van der Waals surface area (Å²) in [5.41, 5.74) is -0.665. The van der Waals surface area contributed by atoms with Crippen LogP contribution in [0.1, 0.15) is 16.3 Å². The number of anilines is 1. The number of hydrogen-bond acceptors (Lipinski definition) is 5. The highest BCUT2D eigenvalue weighted by molar-refractivity contribution is 6.01. The minimum atomic E-state index is -4.79. The first-order valence-electron chi connectivity index (χ1n) is 8.81. The number of ether oxygens (including phenoxy) is 1. The van der Waals surface area contributed by atoms with Crippen LogP contribution in [0.15, 0.2) is 54.6 Å². The summed E-state index contributed by atoms with van der Waals surface area (Å²) in [5, 5.41) is 5.99. The average Bonchev–Trinajstić information content (AvgIpc) is 3.16. The van der Waals surface area contributed by atoms with Crippen molar-refractivity contribution in [3.63, 3.8) is 0 Å². The molecule has 0 spiro atoms. The monoisotopic (exact) mass is 431 g/mol. The number of hydrogen-bond donors (Lipinski definition) is 1.